The van der Waals surface area contributed by atoms with Crippen molar-refractivity contribution in [3.05, 3.63) is 47.5 Å². The molecule has 162 valence electrons. The Bertz CT molecular complexity index is 958. The Kier molecular flexibility index (Phi) is 4.65. The highest BCUT2D eigenvalue weighted by Gasteiger charge is 2.68. The standard InChI is InChI=1S/C25H27NO5/c1-12(2)22(25(30)31-11-19(27)14-6-4-13(3)5-7-14)26-23(28)20-15-8-9-16(18-10-17(15)18)21(20)24(26)29/h4-9,12,15-18,20-22H,10-11H2,1-3H3/t15-,16-,17-,18-,20+,21+,22-/m1/s1. The van der Waals surface area contributed by atoms with Crippen molar-refractivity contribution in [2.75, 3.05) is 6.61 Å². The summed E-state index contributed by atoms with van der Waals surface area (Å²) in [5.74, 6) is -1.30. The van der Waals surface area contributed by atoms with Crippen LogP contribution < -0.4 is 0 Å². The van der Waals surface area contributed by atoms with E-state index in [1.165, 1.54) is 0 Å². The lowest BCUT2D eigenvalue weighted by Gasteiger charge is -2.37. The zero-order chi connectivity index (χ0) is 22.0. The summed E-state index contributed by atoms with van der Waals surface area (Å²) in [5.41, 5.74) is 1.49. The number of aryl methyl sites for hydroxylation is 1. The number of amides is 2. The topological polar surface area (TPSA) is 80.8 Å². The largest absolute Gasteiger partial charge is 0.456 e. The third kappa shape index (κ3) is 3.07. The molecule has 0 N–H and O–H groups in total. The van der Waals surface area contributed by atoms with Crippen LogP contribution in [0, 0.1) is 48.3 Å². The zero-order valence-corrected chi connectivity index (χ0v) is 18.0. The lowest BCUT2D eigenvalue weighted by Crippen LogP contribution is -2.49. The van der Waals surface area contributed by atoms with Crippen LogP contribution in [-0.4, -0.2) is 41.1 Å². The molecular formula is C25H27NO5. The number of allylic oxidation sites excluding steroid dienone is 2. The van der Waals surface area contributed by atoms with E-state index in [0.717, 1.165) is 16.9 Å². The fourth-order valence-corrected chi connectivity index (χ4v) is 5.97. The summed E-state index contributed by atoms with van der Waals surface area (Å²) in [5, 5.41) is 0. The molecular weight excluding hydrogens is 394 g/mol. The van der Waals surface area contributed by atoms with Crippen molar-refractivity contribution in [2.45, 2.75) is 33.2 Å². The average Bonchev–Trinajstić information content (AvgIpc) is 3.53. The van der Waals surface area contributed by atoms with Crippen LogP contribution in [0.15, 0.2) is 36.4 Å². The van der Waals surface area contributed by atoms with Crippen LogP contribution in [0.3, 0.4) is 0 Å². The van der Waals surface area contributed by atoms with E-state index in [9.17, 15) is 19.2 Å². The second kappa shape index (κ2) is 7.14. The van der Waals surface area contributed by atoms with Crippen molar-refractivity contribution >= 4 is 23.6 Å². The molecule has 6 nitrogen and oxygen atoms in total. The molecule has 4 aliphatic carbocycles. The van der Waals surface area contributed by atoms with Gasteiger partial charge >= 0.3 is 5.97 Å². The van der Waals surface area contributed by atoms with E-state index >= 15 is 0 Å². The number of carbonyl (C=O) groups is 4. The Balaban J connectivity index is 1.32. The Morgan fingerprint density at radius 3 is 2.06 bits per heavy atom. The molecule has 0 spiro atoms. The fourth-order valence-electron chi connectivity index (χ4n) is 5.97. The molecule has 0 radical (unpaired) electrons. The second-order valence-electron chi connectivity index (χ2n) is 9.79. The average molecular weight is 421 g/mol. The van der Waals surface area contributed by atoms with Gasteiger partial charge in [0.1, 0.15) is 6.04 Å². The number of hydrogen-bond acceptors (Lipinski definition) is 5. The highest BCUT2D eigenvalue weighted by Crippen LogP contribution is 2.65. The molecule has 3 fully saturated rings. The molecule has 6 rings (SSSR count). The summed E-state index contributed by atoms with van der Waals surface area (Å²) < 4.78 is 5.32. The van der Waals surface area contributed by atoms with Crippen molar-refractivity contribution in [1.29, 1.82) is 0 Å². The van der Waals surface area contributed by atoms with Gasteiger partial charge in [0.25, 0.3) is 0 Å². The third-order valence-corrected chi connectivity index (χ3v) is 7.57. The van der Waals surface area contributed by atoms with Gasteiger partial charge in [-0.3, -0.25) is 19.3 Å². The third-order valence-electron chi connectivity index (χ3n) is 7.57. The van der Waals surface area contributed by atoms with E-state index in [4.69, 9.17) is 4.74 Å². The predicted molar refractivity (Wildman–Crippen MR) is 112 cm³/mol. The highest BCUT2D eigenvalue weighted by atomic mass is 16.5. The Morgan fingerprint density at radius 2 is 1.55 bits per heavy atom. The molecule has 6 heteroatoms. The van der Waals surface area contributed by atoms with Crippen molar-refractivity contribution in [1.82, 2.24) is 4.90 Å². The molecule has 31 heavy (non-hydrogen) atoms. The zero-order valence-electron chi connectivity index (χ0n) is 18.0. The van der Waals surface area contributed by atoms with Gasteiger partial charge in [0.15, 0.2) is 12.4 Å². The number of rotatable bonds is 6. The summed E-state index contributed by atoms with van der Waals surface area (Å²) in [6.45, 7) is 5.10. The van der Waals surface area contributed by atoms with Gasteiger partial charge in [-0.2, -0.15) is 0 Å². The summed E-state index contributed by atoms with van der Waals surface area (Å²) in [6.07, 6.45) is 5.31. The monoisotopic (exact) mass is 421 g/mol. The molecule has 1 aromatic carbocycles. The van der Waals surface area contributed by atoms with Gasteiger partial charge in [-0.25, -0.2) is 4.79 Å². The number of ether oxygens (including phenoxy) is 1. The molecule has 2 amide bonds. The van der Waals surface area contributed by atoms with Crippen LogP contribution in [0.5, 0.6) is 0 Å². The summed E-state index contributed by atoms with van der Waals surface area (Å²) in [6, 6.07) is 6.02. The minimum absolute atomic E-state index is 0.105. The van der Waals surface area contributed by atoms with E-state index in [0.29, 0.717) is 17.4 Å². The van der Waals surface area contributed by atoms with E-state index in [1.807, 2.05) is 19.1 Å². The first-order valence-corrected chi connectivity index (χ1v) is 11.1. The summed E-state index contributed by atoms with van der Waals surface area (Å²) in [4.78, 5) is 53.2. The van der Waals surface area contributed by atoms with Gasteiger partial charge in [0, 0.05) is 5.56 Å². The van der Waals surface area contributed by atoms with E-state index < -0.39 is 18.6 Å². The first kappa shape index (κ1) is 20.2. The van der Waals surface area contributed by atoms with Gasteiger partial charge in [-0.05, 0) is 42.9 Å². The summed E-state index contributed by atoms with van der Waals surface area (Å²) in [7, 11) is 0. The normalized spacial score (nSPS) is 33.4. The van der Waals surface area contributed by atoms with Crippen molar-refractivity contribution in [3.8, 4) is 0 Å². The molecule has 2 bridgehead atoms. The Hall–Kier alpha value is -2.76. The van der Waals surface area contributed by atoms with Crippen LogP contribution in [0.2, 0.25) is 0 Å². The maximum absolute atomic E-state index is 13.3. The van der Waals surface area contributed by atoms with Crippen LogP contribution >= 0.6 is 0 Å². The van der Waals surface area contributed by atoms with Gasteiger partial charge in [0.05, 0.1) is 11.8 Å². The fraction of sp³-hybridized carbons (Fsp3) is 0.520. The first-order valence-electron chi connectivity index (χ1n) is 11.1. The molecule has 1 aromatic rings. The molecule has 1 saturated heterocycles. The van der Waals surface area contributed by atoms with Crippen LogP contribution in [0.4, 0.5) is 0 Å². The van der Waals surface area contributed by atoms with Crippen LogP contribution in [0.1, 0.15) is 36.2 Å². The van der Waals surface area contributed by atoms with E-state index in [-0.39, 0.29) is 47.2 Å². The maximum Gasteiger partial charge on any atom is 0.330 e. The molecule has 0 aromatic heterocycles. The molecule has 1 aliphatic heterocycles. The number of hydrogen-bond donors (Lipinski definition) is 0. The lowest BCUT2D eigenvalue weighted by atomic mass is 9.63. The van der Waals surface area contributed by atoms with Crippen LogP contribution in [-0.2, 0) is 19.1 Å². The first-order chi connectivity index (χ1) is 14.8. The van der Waals surface area contributed by atoms with Gasteiger partial charge in [-0.1, -0.05) is 55.8 Å². The smallest absolute Gasteiger partial charge is 0.330 e. The number of Topliss-reactive ketones (excluding diaryl/α,β-unsaturated/α-hetero) is 1. The minimum atomic E-state index is -1.01. The number of nitrogens with zero attached hydrogens (tertiary/aromatic N) is 1. The van der Waals surface area contributed by atoms with Gasteiger partial charge in [0.2, 0.25) is 11.8 Å². The number of likely N-dealkylation sites (tertiary alicyclic amines) is 1. The van der Waals surface area contributed by atoms with Gasteiger partial charge < -0.3 is 4.74 Å². The number of imide groups is 1. The predicted octanol–water partition coefficient (Wildman–Crippen LogP) is 2.80. The number of carbonyl (C=O) groups excluding carboxylic acids is 4. The molecule has 0 unspecified atom stereocenters. The van der Waals surface area contributed by atoms with Crippen molar-refractivity contribution < 1.29 is 23.9 Å². The SMILES string of the molecule is Cc1ccc(C(=O)COC(=O)[C@@H](C(C)C)N2C(=O)[C@H]3[C@@H]4C=C[C@H]([C@H]5C[C@H]45)[C@@H]3C2=O)cc1. The maximum atomic E-state index is 13.3. The lowest BCUT2D eigenvalue weighted by molar-refractivity contribution is -0.160. The molecule has 2 saturated carbocycles. The highest BCUT2D eigenvalue weighted by molar-refractivity contribution is 6.09. The van der Waals surface area contributed by atoms with Gasteiger partial charge in [-0.15, -0.1) is 0 Å². The van der Waals surface area contributed by atoms with E-state index in [1.54, 1.807) is 26.0 Å². The van der Waals surface area contributed by atoms with E-state index in [2.05, 4.69) is 12.2 Å². The molecule has 7 atom stereocenters. The van der Waals surface area contributed by atoms with Crippen LogP contribution in [0.25, 0.3) is 0 Å². The minimum Gasteiger partial charge on any atom is -0.456 e. The summed E-state index contributed by atoms with van der Waals surface area (Å²) >= 11 is 0. The second-order valence-corrected chi connectivity index (χ2v) is 9.79. The molecule has 5 aliphatic rings. The van der Waals surface area contributed by atoms with Crippen molar-refractivity contribution in [2.24, 2.45) is 41.4 Å². The number of esters is 1. The Labute approximate surface area is 181 Å². The van der Waals surface area contributed by atoms with Crippen molar-refractivity contribution in [3.63, 3.8) is 0 Å². The molecule has 1 heterocycles. The number of benzene rings is 1. The quantitative estimate of drug-likeness (QED) is 0.305. The Morgan fingerprint density at radius 1 is 1.00 bits per heavy atom. The number of ketones is 1.